The molecule has 0 radical (unpaired) electrons. The lowest BCUT2D eigenvalue weighted by atomic mass is 10.0. The van der Waals surface area contributed by atoms with E-state index in [0.717, 1.165) is 17.5 Å². The summed E-state index contributed by atoms with van der Waals surface area (Å²) >= 11 is 0. The molecule has 0 saturated carbocycles. The Morgan fingerprint density at radius 1 is 1.04 bits per heavy atom. The molecular formula is C20H24N2O4S. The van der Waals surface area contributed by atoms with Gasteiger partial charge in [0.2, 0.25) is 10.0 Å². The normalized spacial score (nSPS) is 17.3. The summed E-state index contributed by atoms with van der Waals surface area (Å²) < 4.78 is 36.6. The van der Waals surface area contributed by atoms with E-state index in [2.05, 4.69) is 12.3 Å². The van der Waals surface area contributed by atoms with Crippen molar-refractivity contribution >= 4 is 15.7 Å². The second-order valence-corrected chi connectivity index (χ2v) is 8.22. The van der Waals surface area contributed by atoms with E-state index < -0.39 is 16.1 Å². The van der Waals surface area contributed by atoms with Crippen molar-refractivity contribution in [2.45, 2.75) is 19.4 Å². The third-order valence-corrected chi connectivity index (χ3v) is 5.62. The fraction of sp³-hybridized carbons (Fsp3) is 0.300. The zero-order chi connectivity index (χ0) is 19.6. The summed E-state index contributed by atoms with van der Waals surface area (Å²) in [5.74, 6) is 1.20. The van der Waals surface area contributed by atoms with Crippen LogP contribution >= 0.6 is 0 Å². The quantitative estimate of drug-likeness (QED) is 0.823. The Kier molecular flexibility index (Phi) is 5.43. The van der Waals surface area contributed by atoms with Gasteiger partial charge in [0, 0.05) is 5.56 Å². The molecule has 6 nitrogen and oxygen atoms in total. The number of nitrogens with one attached hydrogen (secondary N) is 1. The highest BCUT2D eigenvalue weighted by atomic mass is 32.2. The second-order valence-electron chi connectivity index (χ2n) is 6.36. The highest BCUT2D eigenvalue weighted by molar-refractivity contribution is 7.88. The zero-order valence-electron chi connectivity index (χ0n) is 15.9. The van der Waals surface area contributed by atoms with E-state index in [9.17, 15) is 8.42 Å². The largest absolute Gasteiger partial charge is 0.493 e. The number of aryl methyl sites for hydroxylation is 1. The molecule has 0 saturated heterocycles. The lowest BCUT2D eigenvalue weighted by Gasteiger charge is -2.23. The Morgan fingerprint density at radius 3 is 2.26 bits per heavy atom. The minimum atomic E-state index is -3.47. The molecule has 7 heteroatoms. The van der Waals surface area contributed by atoms with Crippen molar-refractivity contribution in [2.24, 2.45) is 0 Å². The highest BCUT2D eigenvalue weighted by Gasteiger charge is 2.33. The van der Waals surface area contributed by atoms with Gasteiger partial charge in [-0.1, -0.05) is 31.2 Å². The topological polar surface area (TPSA) is 67.9 Å². The number of methoxy groups -OCH3 is 2. The van der Waals surface area contributed by atoms with Gasteiger partial charge in [-0.25, -0.2) is 8.42 Å². The van der Waals surface area contributed by atoms with Crippen molar-refractivity contribution < 1.29 is 17.9 Å². The van der Waals surface area contributed by atoms with Crippen LogP contribution in [-0.2, 0) is 16.4 Å². The molecule has 144 valence electrons. The van der Waals surface area contributed by atoms with Crippen LogP contribution in [0.1, 0.15) is 29.7 Å². The van der Waals surface area contributed by atoms with Gasteiger partial charge >= 0.3 is 0 Å². The van der Waals surface area contributed by atoms with E-state index in [1.165, 1.54) is 16.2 Å². The minimum Gasteiger partial charge on any atom is -0.493 e. The number of sulfonamides is 1. The van der Waals surface area contributed by atoms with Crippen molar-refractivity contribution in [3.8, 4) is 11.5 Å². The van der Waals surface area contributed by atoms with Crippen LogP contribution in [0, 0.1) is 0 Å². The van der Waals surface area contributed by atoms with Gasteiger partial charge in [-0.3, -0.25) is 0 Å². The monoisotopic (exact) mass is 388 g/mol. The molecule has 0 bridgehead atoms. The number of hydrazine groups is 1. The average Bonchev–Trinajstić information content (AvgIpc) is 3.13. The smallest absolute Gasteiger partial charge is 0.228 e. The molecule has 2 aromatic rings. The van der Waals surface area contributed by atoms with Crippen LogP contribution in [-0.4, -0.2) is 33.3 Å². The number of hydrogen-bond donors (Lipinski definition) is 1. The van der Waals surface area contributed by atoms with E-state index in [0.29, 0.717) is 17.2 Å². The van der Waals surface area contributed by atoms with E-state index in [4.69, 9.17) is 9.47 Å². The average molecular weight is 388 g/mol. The van der Waals surface area contributed by atoms with Crippen LogP contribution in [0.25, 0.3) is 5.70 Å². The van der Waals surface area contributed by atoms with Crippen LogP contribution < -0.4 is 14.9 Å². The lowest BCUT2D eigenvalue weighted by molar-refractivity contribution is 0.350. The molecule has 2 aromatic carbocycles. The van der Waals surface area contributed by atoms with E-state index in [1.807, 2.05) is 42.5 Å². The first-order valence-electron chi connectivity index (χ1n) is 8.66. The summed E-state index contributed by atoms with van der Waals surface area (Å²) in [7, 11) is -0.327. The number of rotatable bonds is 6. The molecule has 1 atom stereocenters. The van der Waals surface area contributed by atoms with Crippen LogP contribution in [0.3, 0.4) is 0 Å². The minimum absolute atomic E-state index is 0.422. The van der Waals surface area contributed by atoms with Gasteiger partial charge in [0.25, 0.3) is 0 Å². The number of ether oxygens (including phenoxy) is 2. The molecular weight excluding hydrogens is 364 g/mol. The third-order valence-electron chi connectivity index (χ3n) is 4.59. The maximum absolute atomic E-state index is 12.3. The maximum Gasteiger partial charge on any atom is 0.228 e. The van der Waals surface area contributed by atoms with Crippen LogP contribution in [0.15, 0.2) is 48.5 Å². The summed E-state index contributed by atoms with van der Waals surface area (Å²) in [5, 5.41) is 0. The van der Waals surface area contributed by atoms with Gasteiger partial charge in [-0.05, 0) is 41.8 Å². The molecule has 0 amide bonds. The summed E-state index contributed by atoms with van der Waals surface area (Å²) in [5.41, 5.74) is 6.65. The van der Waals surface area contributed by atoms with Gasteiger partial charge in [0.1, 0.15) is 0 Å². The third kappa shape index (κ3) is 3.94. The van der Waals surface area contributed by atoms with Crippen LogP contribution in [0.4, 0.5) is 0 Å². The van der Waals surface area contributed by atoms with E-state index in [-0.39, 0.29) is 0 Å². The van der Waals surface area contributed by atoms with Gasteiger partial charge in [-0.2, -0.15) is 0 Å². The summed E-state index contributed by atoms with van der Waals surface area (Å²) in [6.07, 6.45) is 4.04. The van der Waals surface area contributed by atoms with Crippen molar-refractivity contribution in [3.05, 3.63) is 65.2 Å². The Labute approximate surface area is 160 Å². The van der Waals surface area contributed by atoms with Crippen molar-refractivity contribution in [1.82, 2.24) is 9.84 Å². The van der Waals surface area contributed by atoms with Gasteiger partial charge in [-0.15, -0.1) is 4.41 Å². The summed E-state index contributed by atoms with van der Waals surface area (Å²) in [6.45, 7) is 2.09. The van der Waals surface area contributed by atoms with Crippen molar-refractivity contribution in [1.29, 1.82) is 0 Å². The SMILES string of the molecule is CCc1ccc(C2C=C(c3ccc(OC)c(OC)c3)NN2S(C)(=O)=O)cc1. The number of nitrogens with zero attached hydrogens (tertiary/aromatic N) is 1. The number of hydrogen-bond acceptors (Lipinski definition) is 5. The second kappa shape index (κ2) is 7.62. The van der Waals surface area contributed by atoms with Gasteiger partial charge in [0.15, 0.2) is 11.5 Å². The fourth-order valence-corrected chi connectivity index (χ4v) is 3.95. The van der Waals surface area contributed by atoms with Gasteiger partial charge in [0.05, 0.1) is 32.2 Å². The predicted molar refractivity (Wildman–Crippen MR) is 106 cm³/mol. The molecule has 1 heterocycles. The summed E-state index contributed by atoms with van der Waals surface area (Å²) in [6, 6.07) is 13.0. The Balaban J connectivity index is 2.01. The van der Waals surface area contributed by atoms with Crippen LogP contribution in [0.2, 0.25) is 0 Å². The zero-order valence-corrected chi connectivity index (χ0v) is 16.7. The molecule has 27 heavy (non-hydrogen) atoms. The Morgan fingerprint density at radius 2 is 1.70 bits per heavy atom. The number of benzene rings is 2. The standard InChI is InChI=1S/C20H24N2O4S/c1-5-14-6-8-15(9-7-14)18-13-17(21-22(18)27(4,23)24)16-10-11-19(25-2)20(12-16)26-3/h6-13,18,21H,5H2,1-4H3. The molecule has 0 aliphatic carbocycles. The first-order chi connectivity index (χ1) is 12.9. The fourth-order valence-electron chi connectivity index (χ4n) is 3.09. The van der Waals surface area contributed by atoms with Crippen molar-refractivity contribution in [3.63, 3.8) is 0 Å². The predicted octanol–water partition coefficient (Wildman–Crippen LogP) is 3.13. The molecule has 3 rings (SSSR count). The lowest BCUT2D eigenvalue weighted by Crippen LogP contribution is -2.38. The molecule has 0 spiro atoms. The van der Waals surface area contributed by atoms with Crippen LogP contribution in [0.5, 0.6) is 11.5 Å². The van der Waals surface area contributed by atoms with Gasteiger partial charge < -0.3 is 14.9 Å². The van der Waals surface area contributed by atoms with E-state index >= 15 is 0 Å². The molecule has 1 N–H and O–H groups in total. The van der Waals surface area contributed by atoms with Crippen molar-refractivity contribution in [2.75, 3.05) is 20.5 Å². The summed E-state index contributed by atoms with van der Waals surface area (Å²) in [4.78, 5) is 0. The first kappa shape index (κ1) is 19.3. The Bertz CT molecular complexity index is 952. The highest BCUT2D eigenvalue weighted by Crippen LogP contribution is 2.36. The molecule has 1 aliphatic heterocycles. The molecule has 0 fully saturated rings. The first-order valence-corrected chi connectivity index (χ1v) is 10.5. The molecule has 0 aromatic heterocycles. The Hall–Kier alpha value is -2.51. The molecule has 1 aliphatic rings. The maximum atomic E-state index is 12.3. The van der Waals surface area contributed by atoms with E-state index in [1.54, 1.807) is 20.3 Å². The molecule has 1 unspecified atom stereocenters.